The molecule has 0 N–H and O–H groups in total. The predicted molar refractivity (Wildman–Crippen MR) is 57.0 cm³/mol. The molecule has 1 aromatic rings. The summed E-state index contributed by atoms with van der Waals surface area (Å²) in [5.41, 5.74) is 3.59. The normalized spacial score (nSPS) is 21.6. The monoisotopic (exact) mass is 174 g/mol. The molecule has 0 aliphatic heterocycles. The minimum Gasteiger partial charge on any atom is -0.0620 e. The van der Waals surface area contributed by atoms with E-state index < -0.39 is 0 Å². The summed E-state index contributed by atoms with van der Waals surface area (Å²) in [5.74, 6) is 0.767. The predicted octanol–water partition coefficient (Wildman–Crippen LogP) is 3.76. The first-order valence-corrected chi connectivity index (χ1v) is 5.17. The molecular formula is C13H18. The fourth-order valence-electron chi connectivity index (χ4n) is 2.46. The van der Waals surface area contributed by atoms with E-state index >= 15 is 0 Å². The molecule has 0 spiro atoms. The first-order chi connectivity index (χ1) is 6.09. The fraction of sp³-hybridized carbons (Fsp3) is 0.538. The highest BCUT2D eigenvalue weighted by molar-refractivity contribution is 5.35. The molecule has 1 aliphatic rings. The second kappa shape index (κ2) is 2.87. The van der Waals surface area contributed by atoms with E-state index in [4.69, 9.17) is 0 Å². The van der Waals surface area contributed by atoms with Gasteiger partial charge in [0.2, 0.25) is 0 Å². The van der Waals surface area contributed by atoms with Gasteiger partial charge in [-0.3, -0.25) is 0 Å². The summed E-state index contributed by atoms with van der Waals surface area (Å²) in [6.07, 6.45) is 2.61. The Bertz CT molecular complexity index is 304. The lowest BCUT2D eigenvalue weighted by Gasteiger charge is -2.27. The zero-order valence-corrected chi connectivity index (χ0v) is 8.80. The topological polar surface area (TPSA) is 0 Å². The van der Waals surface area contributed by atoms with E-state index in [2.05, 4.69) is 45.0 Å². The number of fused-ring (bicyclic) bond motifs is 1. The zero-order chi connectivity index (χ0) is 9.47. The maximum absolute atomic E-state index is 2.35. The molecule has 2 rings (SSSR count). The van der Waals surface area contributed by atoms with Crippen molar-refractivity contribution in [3.63, 3.8) is 0 Å². The molecule has 1 atom stereocenters. The number of rotatable bonds is 0. The quantitative estimate of drug-likeness (QED) is 0.561. The zero-order valence-electron chi connectivity index (χ0n) is 8.80. The Labute approximate surface area is 81.0 Å². The minimum absolute atomic E-state index is 0.423. The summed E-state index contributed by atoms with van der Waals surface area (Å²) in [7, 11) is 0. The summed E-state index contributed by atoms with van der Waals surface area (Å²) in [6, 6.07) is 8.91. The van der Waals surface area contributed by atoms with Crippen molar-refractivity contribution >= 4 is 0 Å². The van der Waals surface area contributed by atoms with Gasteiger partial charge in [0.05, 0.1) is 0 Å². The van der Waals surface area contributed by atoms with Crippen LogP contribution in [0.25, 0.3) is 0 Å². The summed E-state index contributed by atoms with van der Waals surface area (Å²) in [6.45, 7) is 7.04. The molecule has 0 heteroatoms. The van der Waals surface area contributed by atoms with Crippen molar-refractivity contribution in [2.45, 2.75) is 39.5 Å². The van der Waals surface area contributed by atoms with Crippen LogP contribution in [0.5, 0.6) is 0 Å². The van der Waals surface area contributed by atoms with Crippen LogP contribution in [0, 0.1) is 5.41 Å². The van der Waals surface area contributed by atoms with Crippen molar-refractivity contribution in [3.05, 3.63) is 35.4 Å². The molecule has 0 nitrogen and oxygen atoms in total. The van der Waals surface area contributed by atoms with Crippen LogP contribution in [0.4, 0.5) is 0 Å². The molecule has 0 bridgehead atoms. The molecule has 0 heterocycles. The molecule has 0 unspecified atom stereocenters. The van der Waals surface area contributed by atoms with Gasteiger partial charge in [0.1, 0.15) is 0 Å². The van der Waals surface area contributed by atoms with Crippen LogP contribution in [0.15, 0.2) is 24.3 Å². The lowest BCUT2D eigenvalue weighted by molar-refractivity contribution is 0.319. The maximum Gasteiger partial charge on any atom is -0.0107 e. The number of hydrogen-bond acceptors (Lipinski definition) is 0. The van der Waals surface area contributed by atoms with E-state index in [0.29, 0.717) is 5.41 Å². The highest BCUT2D eigenvalue weighted by atomic mass is 14.4. The second-order valence-electron chi connectivity index (χ2n) is 5.16. The molecule has 1 aliphatic carbocycles. The smallest absolute Gasteiger partial charge is 0.0107 e. The van der Waals surface area contributed by atoms with Crippen LogP contribution in [-0.4, -0.2) is 0 Å². The summed E-state index contributed by atoms with van der Waals surface area (Å²) in [4.78, 5) is 0. The van der Waals surface area contributed by atoms with Crippen LogP contribution >= 0.6 is 0 Å². The van der Waals surface area contributed by atoms with Gasteiger partial charge in [-0.15, -0.1) is 0 Å². The lowest BCUT2D eigenvalue weighted by Crippen LogP contribution is -2.15. The molecular weight excluding hydrogens is 156 g/mol. The van der Waals surface area contributed by atoms with Crippen LogP contribution in [0.2, 0.25) is 0 Å². The summed E-state index contributed by atoms with van der Waals surface area (Å²) in [5, 5.41) is 0. The van der Waals surface area contributed by atoms with Gasteiger partial charge in [0, 0.05) is 0 Å². The lowest BCUT2D eigenvalue weighted by atomic mass is 9.77. The number of hydrogen-bond donors (Lipinski definition) is 0. The first kappa shape index (κ1) is 8.80. The molecule has 13 heavy (non-hydrogen) atoms. The highest BCUT2D eigenvalue weighted by Gasteiger charge is 2.31. The van der Waals surface area contributed by atoms with E-state index in [9.17, 15) is 0 Å². The van der Waals surface area contributed by atoms with Gasteiger partial charge < -0.3 is 0 Å². The Morgan fingerprint density at radius 1 is 1.15 bits per heavy atom. The van der Waals surface area contributed by atoms with Crippen molar-refractivity contribution in [2.75, 3.05) is 0 Å². The summed E-state index contributed by atoms with van der Waals surface area (Å²) >= 11 is 0. The molecule has 0 saturated carbocycles. The third kappa shape index (κ3) is 1.50. The average molecular weight is 174 g/mol. The Hall–Kier alpha value is -0.780. The van der Waals surface area contributed by atoms with Crippen LogP contribution in [0.1, 0.15) is 44.2 Å². The minimum atomic E-state index is 0.423. The third-order valence-electron chi connectivity index (χ3n) is 3.18. The van der Waals surface area contributed by atoms with Crippen molar-refractivity contribution in [2.24, 2.45) is 5.41 Å². The van der Waals surface area contributed by atoms with Crippen LogP contribution in [0.3, 0.4) is 0 Å². The van der Waals surface area contributed by atoms with Crippen molar-refractivity contribution < 1.29 is 0 Å². The standard InChI is InChI=1S/C13H18/c1-13(2,3)12-9-8-10-6-4-5-7-11(10)12/h4-7,12H,8-9H2,1-3H3/t12-/m0/s1. The Balaban J connectivity index is 2.39. The van der Waals surface area contributed by atoms with Crippen molar-refractivity contribution in [3.8, 4) is 0 Å². The summed E-state index contributed by atoms with van der Waals surface area (Å²) < 4.78 is 0. The van der Waals surface area contributed by atoms with Crippen LogP contribution < -0.4 is 0 Å². The molecule has 0 amide bonds. The third-order valence-corrected chi connectivity index (χ3v) is 3.18. The number of benzene rings is 1. The molecule has 0 aromatic heterocycles. The van der Waals surface area contributed by atoms with E-state index in [1.165, 1.54) is 12.8 Å². The average Bonchev–Trinajstić information content (AvgIpc) is 2.45. The van der Waals surface area contributed by atoms with Gasteiger partial charge in [-0.25, -0.2) is 0 Å². The fourth-order valence-corrected chi connectivity index (χ4v) is 2.46. The van der Waals surface area contributed by atoms with E-state index in [1.54, 1.807) is 11.1 Å². The number of aryl methyl sites for hydroxylation is 1. The van der Waals surface area contributed by atoms with Crippen molar-refractivity contribution in [1.82, 2.24) is 0 Å². The Morgan fingerprint density at radius 3 is 2.54 bits per heavy atom. The van der Waals surface area contributed by atoms with Gasteiger partial charge in [-0.05, 0) is 35.3 Å². The van der Waals surface area contributed by atoms with E-state index in [-0.39, 0.29) is 0 Å². The maximum atomic E-state index is 2.35. The first-order valence-electron chi connectivity index (χ1n) is 5.17. The molecule has 0 saturated heterocycles. The molecule has 0 fully saturated rings. The van der Waals surface area contributed by atoms with E-state index in [1.807, 2.05) is 0 Å². The largest absolute Gasteiger partial charge is 0.0620 e. The molecule has 1 aromatic carbocycles. The highest BCUT2D eigenvalue weighted by Crippen LogP contribution is 2.44. The molecule has 0 radical (unpaired) electrons. The van der Waals surface area contributed by atoms with Gasteiger partial charge in [0.25, 0.3) is 0 Å². The van der Waals surface area contributed by atoms with Gasteiger partial charge in [-0.1, -0.05) is 45.0 Å². The Kier molecular flexibility index (Phi) is 1.94. The van der Waals surface area contributed by atoms with Crippen LogP contribution in [-0.2, 0) is 6.42 Å². The van der Waals surface area contributed by atoms with Gasteiger partial charge >= 0.3 is 0 Å². The van der Waals surface area contributed by atoms with E-state index in [0.717, 1.165) is 5.92 Å². The second-order valence-corrected chi connectivity index (χ2v) is 5.16. The van der Waals surface area contributed by atoms with Gasteiger partial charge in [-0.2, -0.15) is 0 Å². The van der Waals surface area contributed by atoms with Gasteiger partial charge in [0.15, 0.2) is 0 Å². The Morgan fingerprint density at radius 2 is 1.85 bits per heavy atom. The SMILES string of the molecule is CC(C)(C)[C@H]1CCc2ccccc21. The van der Waals surface area contributed by atoms with Crippen molar-refractivity contribution in [1.29, 1.82) is 0 Å². The molecule has 70 valence electrons.